The lowest BCUT2D eigenvalue weighted by molar-refractivity contribution is 0.102. The van der Waals surface area contributed by atoms with Crippen LogP contribution in [0.1, 0.15) is 49.1 Å². The molecule has 1 aliphatic heterocycles. The van der Waals surface area contributed by atoms with E-state index in [0.717, 1.165) is 60.9 Å². The second kappa shape index (κ2) is 10.6. The second-order valence-electron chi connectivity index (χ2n) is 11.2. The number of rotatable bonds is 5. The van der Waals surface area contributed by atoms with E-state index in [-0.39, 0.29) is 11.4 Å². The Morgan fingerprint density at radius 2 is 1.82 bits per heavy atom. The predicted molar refractivity (Wildman–Crippen MR) is 151 cm³/mol. The van der Waals surface area contributed by atoms with Crippen molar-refractivity contribution >= 4 is 17.3 Å². The van der Waals surface area contributed by atoms with Gasteiger partial charge in [-0.25, -0.2) is 4.68 Å². The minimum absolute atomic E-state index is 0.217. The number of pyridine rings is 2. The maximum Gasteiger partial charge on any atom is 0.276 e. The summed E-state index contributed by atoms with van der Waals surface area (Å²) in [7, 11) is 2.16. The Kier molecular flexibility index (Phi) is 7.17. The molecule has 1 fully saturated rings. The first-order chi connectivity index (χ1) is 18.6. The number of hydrogen-bond donors (Lipinski definition) is 1. The lowest BCUT2D eigenvalue weighted by atomic mass is 10.1. The quantitative estimate of drug-likeness (QED) is 0.418. The molecule has 0 atom stereocenters. The first-order valence-electron chi connectivity index (χ1n) is 13.3. The number of carbonyl (C=O) groups is 1. The highest BCUT2D eigenvalue weighted by molar-refractivity contribution is 6.03. The van der Waals surface area contributed by atoms with Gasteiger partial charge >= 0.3 is 0 Å². The van der Waals surface area contributed by atoms with Crippen LogP contribution in [0.25, 0.3) is 16.9 Å². The number of anilines is 2. The molecule has 11 heteroatoms. The number of carbonyl (C=O) groups excluding carboxylic acids is 1. The van der Waals surface area contributed by atoms with E-state index in [1.165, 1.54) is 0 Å². The molecule has 4 aromatic rings. The molecule has 0 aromatic carbocycles. The summed E-state index contributed by atoms with van der Waals surface area (Å²) in [5.41, 5.74) is 5.80. The Morgan fingerprint density at radius 1 is 1.00 bits per heavy atom. The Morgan fingerprint density at radius 3 is 2.59 bits per heavy atom. The van der Waals surface area contributed by atoms with E-state index in [4.69, 9.17) is 0 Å². The Hall–Kier alpha value is -4.12. The van der Waals surface area contributed by atoms with Crippen LogP contribution in [-0.4, -0.2) is 78.8 Å². The zero-order chi connectivity index (χ0) is 27.7. The van der Waals surface area contributed by atoms with Crippen molar-refractivity contribution in [3.05, 3.63) is 60.1 Å². The number of likely N-dealkylation sites (N-methyl/N-ethyl adjacent to an activating group) is 1. The SMILES string of the molecule is Cc1ncc(NC(=O)c2cc(C)n(C(C)(C)C)n2)cc1-n1cc(-c2cncc(N3CCCN(C)CC3)c2)nn1. The summed E-state index contributed by atoms with van der Waals surface area (Å²) in [5.74, 6) is -0.292. The number of hydrogen-bond acceptors (Lipinski definition) is 8. The van der Waals surface area contributed by atoms with Crippen molar-refractivity contribution in [2.75, 3.05) is 43.4 Å². The van der Waals surface area contributed by atoms with Crippen molar-refractivity contribution in [2.45, 2.75) is 46.6 Å². The molecule has 39 heavy (non-hydrogen) atoms. The maximum absolute atomic E-state index is 13.0. The van der Waals surface area contributed by atoms with Crippen LogP contribution in [0.2, 0.25) is 0 Å². The van der Waals surface area contributed by atoms with E-state index < -0.39 is 0 Å². The van der Waals surface area contributed by atoms with Gasteiger partial charge in [0.05, 0.1) is 46.9 Å². The van der Waals surface area contributed by atoms with Gasteiger partial charge in [0.2, 0.25) is 0 Å². The van der Waals surface area contributed by atoms with Crippen LogP contribution in [0.4, 0.5) is 11.4 Å². The van der Waals surface area contributed by atoms with E-state index in [1.807, 2.05) is 43.2 Å². The molecule has 5 heterocycles. The van der Waals surface area contributed by atoms with E-state index in [2.05, 4.69) is 74.4 Å². The number of nitrogens with one attached hydrogen (secondary N) is 1. The standard InChI is InChI=1S/C28H36N10O/c1-19-12-24(33-38(19)28(3,4)5)27(39)31-22-14-26(20(2)30-16-22)37-18-25(32-34-37)21-13-23(17-29-15-21)36-9-7-8-35(6)10-11-36/h12-18H,7-11H2,1-6H3,(H,31,39). The maximum atomic E-state index is 13.0. The summed E-state index contributed by atoms with van der Waals surface area (Å²) < 4.78 is 3.53. The second-order valence-corrected chi connectivity index (χ2v) is 11.2. The van der Waals surface area contributed by atoms with Gasteiger partial charge < -0.3 is 15.1 Å². The normalized spacial score (nSPS) is 14.9. The predicted octanol–water partition coefficient (Wildman–Crippen LogP) is 3.69. The van der Waals surface area contributed by atoms with Crippen LogP contribution in [0.5, 0.6) is 0 Å². The van der Waals surface area contributed by atoms with Crippen LogP contribution in [0, 0.1) is 13.8 Å². The van der Waals surface area contributed by atoms with Gasteiger partial charge in [0.15, 0.2) is 5.69 Å². The molecule has 0 aliphatic carbocycles. The highest BCUT2D eigenvalue weighted by Crippen LogP contribution is 2.25. The first-order valence-corrected chi connectivity index (χ1v) is 13.3. The van der Waals surface area contributed by atoms with Gasteiger partial charge in [-0.2, -0.15) is 5.10 Å². The van der Waals surface area contributed by atoms with Gasteiger partial charge in [-0.15, -0.1) is 5.10 Å². The average molecular weight is 529 g/mol. The van der Waals surface area contributed by atoms with Crippen LogP contribution < -0.4 is 10.2 Å². The molecule has 1 aliphatic rings. The minimum atomic E-state index is -0.292. The lowest BCUT2D eigenvalue weighted by Gasteiger charge is -2.22. The van der Waals surface area contributed by atoms with Crippen molar-refractivity contribution in [1.82, 2.24) is 39.6 Å². The van der Waals surface area contributed by atoms with Crippen molar-refractivity contribution < 1.29 is 4.79 Å². The fourth-order valence-corrected chi connectivity index (χ4v) is 4.84. The van der Waals surface area contributed by atoms with Crippen molar-refractivity contribution in [1.29, 1.82) is 0 Å². The highest BCUT2D eigenvalue weighted by atomic mass is 16.2. The Labute approximate surface area is 228 Å². The number of aryl methyl sites for hydroxylation is 2. The number of aromatic nitrogens is 7. The molecule has 11 nitrogen and oxygen atoms in total. The van der Waals surface area contributed by atoms with E-state index in [9.17, 15) is 4.79 Å². The zero-order valence-corrected chi connectivity index (χ0v) is 23.5. The summed E-state index contributed by atoms with van der Waals surface area (Å²) in [4.78, 5) is 26.7. The summed E-state index contributed by atoms with van der Waals surface area (Å²) in [5, 5.41) is 16.2. The van der Waals surface area contributed by atoms with E-state index in [0.29, 0.717) is 17.1 Å². The van der Waals surface area contributed by atoms with Gasteiger partial charge in [-0.3, -0.25) is 19.4 Å². The molecule has 0 bridgehead atoms. The molecule has 5 rings (SSSR count). The smallest absolute Gasteiger partial charge is 0.276 e. The molecule has 1 saturated heterocycles. The average Bonchev–Trinajstić information content (AvgIpc) is 3.49. The third-order valence-electron chi connectivity index (χ3n) is 6.92. The van der Waals surface area contributed by atoms with E-state index >= 15 is 0 Å². The van der Waals surface area contributed by atoms with Crippen LogP contribution in [0.3, 0.4) is 0 Å². The number of amides is 1. The Balaban J connectivity index is 1.35. The molecule has 0 unspecified atom stereocenters. The first kappa shape index (κ1) is 26.5. The van der Waals surface area contributed by atoms with Gasteiger partial charge in [-0.1, -0.05) is 5.21 Å². The monoisotopic (exact) mass is 528 g/mol. The van der Waals surface area contributed by atoms with Crippen molar-refractivity contribution in [3.63, 3.8) is 0 Å². The largest absolute Gasteiger partial charge is 0.369 e. The molecule has 0 saturated carbocycles. The summed E-state index contributed by atoms with van der Waals surface area (Å²) in [6.07, 6.45) is 8.33. The molecule has 0 radical (unpaired) electrons. The minimum Gasteiger partial charge on any atom is -0.369 e. The molecular weight excluding hydrogens is 492 g/mol. The molecular formula is C28H36N10O. The summed E-state index contributed by atoms with van der Waals surface area (Å²) in [6, 6.07) is 5.75. The fourth-order valence-electron chi connectivity index (χ4n) is 4.84. The van der Waals surface area contributed by atoms with Crippen LogP contribution in [0.15, 0.2) is 43.0 Å². The van der Waals surface area contributed by atoms with Gasteiger partial charge in [0.1, 0.15) is 5.69 Å². The van der Waals surface area contributed by atoms with Crippen molar-refractivity contribution in [3.8, 4) is 16.9 Å². The summed E-state index contributed by atoms with van der Waals surface area (Å²) >= 11 is 0. The van der Waals surface area contributed by atoms with Crippen LogP contribution in [-0.2, 0) is 5.54 Å². The fraction of sp³-hybridized carbons (Fsp3) is 0.429. The molecule has 0 spiro atoms. The topological polar surface area (TPSA) is 110 Å². The summed E-state index contributed by atoms with van der Waals surface area (Å²) in [6.45, 7) is 14.1. The molecule has 1 N–H and O–H groups in total. The van der Waals surface area contributed by atoms with E-state index in [1.54, 1.807) is 16.9 Å². The molecule has 4 aromatic heterocycles. The molecule has 204 valence electrons. The van der Waals surface area contributed by atoms with Gasteiger partial charge in [-0.05, 0) is 72.8 Å². The molecule has 1 amide bonds. The third-order valence-corrected chi connectivity index (χ3v) is 6.92. The van der Waals surface area contributed by atoms with Gasteiger partial charge in [0.25, 0.3) is 5.91 Å². The zero-order valence-electron chi connectivity index (χ0n) is 23.5. The Bertz CT molecular complexity index is 1480. The third kappa shape index (κ3) is 5.83. The van der Waals surface area contributed by atoms with Crippen LogP contribution >= 0.6 is 0 Å². The lowest BCUT2D eigenvalue weighted by Crippen LogP contribution is -2.28. The van der Waals surface area contributed by atoms with Gasteiger partial charge in [0, 0.05) is 37.1 Å². The van der Waals surface area contributed by atoms with Crippen molar-refractivity contribution in [2.24, 2.45) is 0 Å². The highest BCUT2D eigenvalue weighted by Gasteiger charge is 2.21. The number of nitrogens with zero attached hydrogens (tertiary/aromatic N) is 9.